The number of methoxy groups -OCH3 is 1. The maximum atomic E-state index is 12.8. The summed E-state index contributed by atoms with van der Waals surface area (Å²) >= 11 is 3.48. The zero-order chi connectivity index (χ0) is 22.7. The lowest BCUT2D eigenvalue weighted by atomic mass is 10.0. The van der Waals surface area contributed by atoms with Crippen molar-refractivity contribution >= 4 is 55.6 Å². The molecule has 2 aromatic heterocycles. The van der Waals surface area contributed by atoms with Gasteiger partial charge in [-0.25, -0.2) is 19.4 Å². The lowest BCUT2D eigenvalue weighted by molar-refractivity contribution is 0.0508. The van der Waals surface area contributed by atoms with Crippen molar-refractivity contribution in [3.63, 3.8) is 0 Å². The maximum absolute atomic E-state index is 12.8. The van der Waals surface area contributed by atoms with Crippen LogP contribution in [0.25, 0.3) is 21.8 Å². The molecular formula is C21H21BrN2O7. The number of nitrogens with zero attached hydrogens (tertiary/aromatic N) is 1. The molecule has 2 heterocycles. The number of halogens is 1. The number of carbonyl (C=O) groups is 3. The van der Waals surface area contributed by atoms with E-state index >= 15 is 0 Å². The standard InChI is InChI=1S/C21H21BrN2O7/c1-5-29-19(25)10-8-12(20(26)30-6-2)24-17-14(10)16-11(15(22)18(17)28-4)9-13(23-16)21(27)31-7-3/h8-9,24H,5-7H2,1-4H3. The molecule has 10 heteroatoms. The molecule has 164 valence electrons. The minimum atomic E-state index is -0.654. The molecule has 0 atom stereocenters. The predicted octanol–water partition coefficient (Wildman–Crippen LogP) is 4.02. The van der Waals surface area contributed by atoms with Crippen LogP contribution < -0.4 is 4.74 Å². The third-order valence-electron chi connectivity index (χ3n) is 4.42. The Morgan fingerprint density at radius 3 is 2.19 bits per heavy atom. The van der Waals surface area contributed by atoms with Crippen molar-refractivity contribution in [1.29, 1.82) is 0 Å². The highest BCUT2D eigenvalue weighted by Crippen LogP contribution is 2.42. The first-order valence-corrected chi connectivity index (χ1v) is 10.4. The molecule has 1 N–H and O–H groups in total. The fourth-order valence-electron chi connectivity index (χ4n) is 3.20. The van der Waals surface area contributed by atoms with E-state index in [0.29, 0.717) is 32.0 Å². The second-order valence-corrected chi connectivity index (χ2v) is 7.05. The Labute approximate surface area is 186 Å². The van der Waals surface area contributed by atoms with E-state index in [1.165, 1.54) is 13.2 Å². The second kappa shape index (κ2) is 9.34. The smallest absolute Gasteiger partial charge is 0.356 e. The number of aromatic nitrogens is 2. The van der Waals surface area contributed by atoms with Crippen LogP contribution in [0.5, 0.6) is 5.75 Å². The molecule has 0 radical (unpaired) electrons. The van der Waals surface area contributed by atoms with Crippen molar-refractivity contribution in [2.24, 2.45) is 0 Å². The van der Waals surface area contributed by atoms with E-state index in [9.17, 15) is 14.4 Å². The summed E-state index contributed by atoms with van der Waals surface area (Å²) < 4.78 is 21.4. The van der Waals surface area contributed by atoms with Crippen LogP contribution in [0.1, 0.15) is 52.1 Å². The Balaban J connectivity index is 2.45. The molecule has 9 nitrogen and oxygen atoms in total. The normalized spacial score (nSPS) is 10.9. The Morgan fingerprint density at radius 1 is 0.968 bits per heavy atom. The number of H-pyrrole nitrogens is 1. The molecule has 0 aliphatic rings. The van der Waals surface area contributed by atoms with Crippen molar-refractivity contribution in [3.05, 3.63) is 33.6 Å². The Morgan fingerprint density at radius 2 is 1.58 bits per heavy atom. The number of carbonyl (C=O) groups excluding carboxylic acids is 3. The van der Waals surface area contributed by atoms with Crippen LogP contribution in [0.15, 0.2) is 16.6 Å². The number of hydrogen-bond acceptors (Lipinski definition) is 8. The zero-order valence-electron chi connectivity index (χ0n) is 17.5. The van der Waals surface area contributed by atoms with Gasteiger partial charge in [0.15, 0.2) is 5.75 Å². The Bertz CT molecular complexity index is 1190. The number of fused-ring (bicyclic) bond motifs is 3. The average Bonchev–Trinajstić information content (AvgIpc) is 3.20. The van der Waals surface area contributed by atoms with E-state index in [0.717, 1.165) is 0 Å². The summed E-state index contributed by atoms with van der Waals surface area (Å²) in [4.78, 5) is 44.8. The summed E-state index contributed by atoms with van der Waals surface area (Å²) in [5.74, 6) is -1.57. The highest BCUT2D eigenvalue weighted by molar-refractivity contribution is 9.10. The van der Waals surface area contributed by atoms with Crippen molar-refractivity contribution in [1.82, 2.24) is 9.97 Å². The summed E-state index contributed by atoms with van der Waals surface area (Å²) in [6.45, 7) is 5.53. The van der Waals surface area contributed by atoms with E-state index in [1.807, 2.05) is 0 Å². The van der Waals surface area contributed by atoms with Gasteiger partial charge < -0.3 is 23.9 Å². The first-order valence-electron chi connectivity index (χ1n) is 9.62. The van der Waals surface area contributed by atoms with Crippen molar-refractivity contribution in [2.45, 2.75) is 20.8 Å². The van der Waals surface area contributed by atoms with Crippen molar-refractivity contribution in [3.8, 4) is 5.75 Å². The van der Waals surface area contributed by atoms with Crippen LogP contribution in [-0.2, 0) is 14.2 Å². The largest absolute Gasteiger partial charge is 0.493 e. The predicted molar refractivity (Wildman–Crippen MR) is 116 cm³/mol. The minimum absolute atomic E-state index is 0.0409. The van der Waals surface area contributed by atoms with Gasteiger partial charge in [-0.3, -0.25) is 0 Å². The summed E-state index contributed by atoms with van der Waals surface area (Å²) in [5.41, 5.74) is 0.878. The van der Waals surface area contributed by atoms with Crippen LogP contribution in [-0.4, -0.2) is 54.8 Å². The lowest BCUT2D eigenvalue weighted by Crippen LogP contribution is -2.12. The number of aromatic amines is 1. The fraction of sp³-hybridized carbons (Fsp3) is 0.333. The first-order chi connectivity index (χ1) is 14.9. The van der Waals surface area contributed by atoms with E-state index in [4.69, 9.17) is 18.9 Å². The molecule has 1 aromatic carbocycles. The molecule has 0 amide bonds. The fourth-order valence-corrected chi connectivity index (χ4v) is 3.86. The van der Waals surface area contributed by atoms with Crippen molar-refractivity contribution in [2.75, 3.05) is 26.9 Å². The molecular weight excluding hydrogens is 472 g/mol. The Hall–Kier alpha value is -3.14. The van der Waals surface area contributed by atoms with Gasteiger partial charge in [0.1, 0.15) is 11.4 Å². The lowest BCUT2D eigenvalue weighted by Gasteiger charge is -2.15. The molecule has 3 aromatic rings. The van der Waals surface area contributed by atoms with Gasteiger partial charge in [0.05, 0.1) is 48.0 Å². The Kier molecular flexibility index (Phi) is 6.79. The summed E-state index contributed by atoms with van der Waals surface area (Å²) in [5, 5.41) is 0.882. The van der Waals surface area contributed by atoms with Crippen LogP contribution >= 0.6 is 15.9 Å². The van der Waals surface area contributed by atoms with Crippen LogP contribution in [0.3, 0.4) is 0 Å². The molecule has 0 saturated carbocycles. The molecule has 0 spiro atoms. The SMILES string of the molecule is CCOC(=O)c1cc2c(Br)c(OC)c3[nH]c(C(=O)OCC)cc(C(=O)OCC)c3c2n1. The van der Waals surface area contributed by atoms with Gasteiger partial charge in [0.2, 0.25) is 0 Å². The molecule has 0 bridgehead atoms. The minimum Gasteiger partial charge on any atom is -0.493 e. The molecule has 0 aliphatic heterocycles. The molecule has 0 unspecified atom stereocenters. The van der Waals surface area contributed by atoms with Gasteiger partial charge in [0, 0.05) is 10.8 Å². The first kappa shape index (κ1) is 22.5. The maximum Gasteiger partial charge on any atom is 0.356 e. The van der Waals surface area contributed by atoms with Gasteiger partial charge >= 0.3 is 17.9 Å². The summed E-state index contributed by atoms with van der Waals surface area (Å²) in [7, 11) is 1.45. The molecule has 3 rings (SSSR count). The third kappa shape index (κ3) is 4.07. The number of nitrogens with one attached hydrogen (secondary N) is 1. The van der Waals surface area contributed by atoms with E-state index in [1.54, 1.807) is 26.8 Å². The average molecular weight is 493 g/mol. The number of esters is 3. The monoisotopic (exact) mass is 492 g/mol. The van der Waals surface area contributed by atoms with E-state index in [2.05, 4.69) is 25.9 Å². The van der Waals surface area contributed by atoms with E-state index in [-0.39, 0.29) is 36.8 Å². The van der Waals surface area contributed by atoms with Gasteiger partial charge in [0.25, 0.3) is 0 Å². The topological polar surface area (TPSA) is 117 Å². The van der Waals surface area contributed by atoms with E-state index < -0.39 is 17.9 Å². The number of pyridine rings is 1. The molecule has 0 fully saturated rings. The number of hydrogen-bond donors (Lipinski definition) is 1. The summed E-state index contributed by atoms with van der Waals surface area (Å²) in [6, 6.07) is 2.90. The van der Waals surface area contributed by atoms with Crippen LogP contribution in [0.2, 0.25) is 0 Å². The van der Waals surface area contributed by atoms with Gasteiger partial charge in [-0.2, -0.15) is 0 Å². The van der Waals surface area contributed by atoms with Crippen LogP contribution in [0.4, 0.5) is 0 Å². The highest BCUT2D eigenvalue weighted by Gasteiger charge is 2.26. The number of ether oxygens (including phenoxy) is 4. The second-order valence-electron chi connectivity index (χ2n) is 6.26. The number of benzene rings is 1. The summed E-state index contributed by atoms with van der Waals surface area (Å²) in [6.07, 6.45) is 0. The number of rotatable bonds is 7. The van der Waals surface area contributed by atoms with Gasteiger partial charge in [-0.15, -0.1) is 0 Å². The van der Waals surface area contributed by atoms with Gasteiger partial charge in [-0.1, -0.05) is 0 Å². The quantitative estimate of drug-likeness (QED) is 0.388. The zero-order valence-corrected chi connectivity index (χ0v) is 19.0. The van der Waals surface area contributed by atoms with Crippen LogP contribution in [0, 0.1) is 0 Å². The van der Waals surface area contributed by atoms with Gasteiger partial charge in [-0.05, 0) is 48.8 Å². The third-order valence-corrected chi connectivity index (χ3v) is 5.20. The molecule has 31 heavy (non-hydrogen) atoms. The molecule has 0 aliphatic carbocycles. The molecule has 0 saturated heterocycles. The highest BCUT2D eigenvalue weighted by atomic mass is 79.9. The van der Waals surface area contributed by atoms with Crippen molar-refractivity contribution < 1.29 is 33.3 Å².